The molecule has 0 aliphatic carbocycles. The lowest BCUT2D eigenvalue weighted by molar-refractivity contribution is 0.337. The lowest BCUT2D eigenvalue weighted by Crippen LogP contribution is -2.06. The molecule has 1 aromatic heterocycles. The minimum atomic E-state index is 0.0306. The molecule has 2 rings (SSSR count). The summed E-state index contributed by atoms with van der Waals surface area (Å²) in [4.78, 5) is 7.29. The van der Waals surface area contributed by atoms with E-state index in [0.717, 1.165) is 27.8 Å². The second kappa shape index (κ2) is 6.63. The lowest BCUT2D eigenvalue weighted by atomic mass is 10.1. The van der Waals surface area contributed by atoms with Crippen LogP contribution in [0.3, 0.4) is 0 Å². The van der Waals surface area contributed by atoms with E-state index in [1.165, 1.54) is 0 Å². The molecule has 1 heterocycles. The van der Waals surface area contributed by atoms with Crippen molar-refractivity contribution in [2.24, 2.45) is 5.73 Å². The predicted octanol–water partition coefficient (Wildman–Crippen LogP) is 3.12. The molecule has 0 aliphatic rings. The first-order chi connectivity index (χ1) is 9.20. The Morgan fingerprint density at radius 3 is 2.95 bits per heavy atom. The largest absolute Gasteiger partial charge is 0.494 e. The number of thioether (sulfide) groups is 1. The van der Waals surface area contributed by atoms with Crippen LogP contribution in [0.25, 0.3) is 0 Å². The summed E-state index contributed by atoms with van der Waals surface area (Å²) in [6, 6.07) is 6.17. The Hall–Kier alpha value is -1.46. The van der Waals surface area contributed by atoms with Crippen molar-refractivity contribution in [3.63, 3.8) is 0 Å². The molecule has 0 radical (unpaired) electrons. The van der Waals surface area contributed by atoms with Crippen LogP contribution in [0, 0.1) is 0 Å². The van der Waals surface area contributed by atoms with Crippen molar-refractivity contribution in [3.05, 3.63) is 41.7 Å². The van der Waals surface area contributed by atoms with Crippen LogP contribution in [0.5, 0.6) is 5.75 Å². The molecular formula is C14H19N3OS. The Morgan fingerprint density at radius 1 is 1.47 bits per heavy atom. The van der Waals surface area contributed by atoms with Gasteiger partial charge in [0, 0.05) is 29.8 Å². The summed E-state index contributed by atoms with van der Waals surface area (Å²) < 4.78 is 5.66. The minimum absolute atomic E-state index is 0.0306. The van der Waals surface area contributed by atoms with E-state index in [1.807, 2.05) is 32.2 Å². The number of nitrogens with one attached hydrogen (secondary N) is 1. The predicted molar refractivity (Wildman–Crippen MR) is 78.4 cm³/mol. The van der Waals surface area contributed by atoms with Crippen LogP contribution < -0.4 is 10.5 Å². The molecule has 19 heavy (non-hydrogen) atoms. The average Bonchev–Trinajstić information content (AvgIpc) is 2.90. The fourth-order valence-corrected chi connectivity index (χ4v) is 2.57. The van der Waals surface area contributed by atoms with Crippen LogP contribution in [0.2, 0.25) is 0 Å². The second-order valence-corrected chi connectivity index (χ2v) is 5.24. The summed E-state index contributed by atoms with van der Waals surface area (Å²) >= 11 is 1.65. The van der Waals surface area contributed by atoms with Gasteiger partial charge in [-0.25, -0.2) is 4.98 Å². The maximum atomic E-state index is 5.93. The standard InChI is InChI=1S/C14H19N3OS/c1-3-18-13-5-4-11(10(2)15)8-12(13)9-19-14-16-6-7-17-14/h4-8,10H,3,9,15H2,1-2H3,(H,16,17). The maximum absolute atomic E-state index is 5.93. The molecule has 3 N–H and O–H groups in total. The van der Waals surface area contributed by atoms with Crippen LogP contribution >= 0.6 is 11.8 Å². The first-order valence-corrected chi connectivity index (χ1v) is 7.32. The maximum Gasteiger partial charge on any atom is 0.165 e. The van der Waals surface area contributed by atoms with Gasteiger partial charge in [-0.2, -0.15) is 0 Å². The van der Waals surface area contributed by atoms with Gasteiger partial charge in [0.15, 0.2) is 5.16 Å². The number of ether oxygens (including phenoxy) is 1. The molecule has 0 bridgehead atoms. The fraction of sp³-hybridized carbons (Fsp3) is 0.357. The molecule has 1 aromatic carbocycles. The Morgan fingerprint density at radius 2 is 2.32 bits per heavy atom. The molecule has 4 nitrogen and oxygen atoms in total. The van der Waals surface area contributed by atoms with Crippen LogP contribution in [0.4, 0.5) is 0 Å². The molecular weight excluding hydrogens is 258 g/mol. The number of hydrogen-bond donors (Lipinski definition) is 2. The van der Waals surface area contributed by atoms with Crippen LogP contribution in [0.1, 0.15) is 31.0 Å². The van der Waals surface area contributed by atoms with Gasteiger partial charge in [-0.3, -0.25) is 0 Å². The summed E-state index contributed by atoms with van der Waals surface area (Å²) in [5, 5.41) is 0.911. The van der Waals surface area contributed by atoms with E-state index in [-0.39, 0.29) is 6.04 Å². The number of imidazole rings is 1. The van der Waals surface area contributed by atoms with Crippen molar-refractivity contribution in [3.8, 4) is 5.75 Å². The number of H-pyrrole nitrogens is 1. The van der Waals surface area contributed by atoms with Crippen molar-refractivity contribution >= 4 is 11.8 Å². The second-order valence-electron chi connectivity index (χ2n) is 4.27. The molecule has 0 amide bonds. The highest BCUT2D eigenvalue weighted by molar-refractivity contribution is 7.98. The highest BCUT2D eigenvalue weighted by atomic mass is 32.2. The van der Waals surface area contributed by atoms with Gasteiger partial charge < -0.3 is 15.5 Å². The monoisotopic (exact) mass is 277 g/mol. The van der Waals surface area contributed by atoms with Crippen LogP contribution in [-0.2, 0) is 5.75 Å². The highest BCUT2D eigenvalue weighted by Crippen LogP contribution is 2.28. The van der Waals surface area contributed by atoms with Gasteiger partial charge in [-0.15, -0.1) is 0 Å². The third-order valence-electron chi connectivity index (χ3n) is 2.75. The van der Waals surface area contributed by atoms with Gasteiger partial charge in [-0.05, 0) is 31.5 Å². The molecule has 0 saturated heterocycles. The van der Waals surface area contributed by atoms with Crippen molar-refractivity contribution in [2.45, 2.75) is 30.8 Å². The number of benzene rings is 1. The van der Waals surface area contributed by atoms with Gasteiger partial charge in [0.1, 0.15) is 5.75 Å². The summed E-state index contributed by atoms with van der Waals surface area (Å²) in [5.74, 6) is 1.73. The minimum Gasteiger partial charge on any atom is -0.494 e. The molecule has 5 heteroatoms. The zero-order valence-electron chi connectivity index (χ0n) is 11.2. The average molecular weight is 277 g/mol. The van der Waals surface area contributed by atoms with Gasteiger partial charge in [0.2, 0.25) is 0 Å². The SMILES string of the molecule is CCOc1ccc(C(C)N)cc1CSc1ncc[nH]1. The first-order valence-electron chi connectivity index (χ1n) is 6.34. The highest BCUT2D eigenvalue weighted by Gasteiger charge is 2.08. The Kier molecular flexibility index (Phi) is 4.87. The van der Waals surface area contributed by atoms with Crippen molar-refractivity contribution in [1.29, 1.82) is 0 Å². The zero-order valence-corrected chi connectivity index (χ0v) is 12.0. The molecule has 1 unspecified atom stereocenters. The van der Waals surface area contributed by atoms with Gasteiger partial charge in [0.25, 0.3) is 0 Å². The molecule has 0 saturated carbocycles. The summed E-state index contributed by atoms with van der Waals surface area (Å²) in [6.45, 7) is 4.64. The smallest absolute Gasteiger partial charge is 0.165 e. The van der Waals surface area contributed by atoms with E-state index in [4.69, 9.17) is 10.5 Å². The number of rotatable bonds is 6. The lowest BCUT2D eigenvalue weighted by Gasteiger charge is -2.13. The summed E-state index contributed by atoms with van der Waals surface area (Å²) in [6.07, 6.45) is 3.58. The Balaban J connectivity index is 2.16. The van der Waals surface area contributed by atoms with Gasteiger partial charge >= 0.3 is 0 Å². The summed E-state index contributed by atoms with van der Waals surface area (Å²) in [7, 11) is 0. The van der Waals surface area contributed by atoms with Crippen LogP contribution in [-0.4, -0.2) is 16.6 Å². The molecule has 0 aliphatic heterocycles. The number of nitrogens with zero attached hydrogens (tertiary/aromatic N) is 1. The van der Waals surface area contributed by atoms with E-state index >= 15 is 0 Å². The van der Waals surface area contributed by atoms with Crippen molar-refractivity contribution < 1.29 is 4.74 Å². The molecule has 2 aromatic rings. The zero-order chi connectivity index (χ0) is 13.7. The topological polar surface area (TPSA) is 63.9 Å². The number of aromatic amines is 1. The van der Waals surface area contributed by atoms with E-state index in [9.17, 15) is 0 Å². The summed E-state index contributed by atoms with van der Waals surface area (Å²) in [5.41, 5.74) is 8.21. The molecule has 0 spiro atoms. The number of hydrogen-bond acceptors (Lipinski definition) is 4. The van der Waals surface area contributed by atoms with Gasteiger partial charge in [0.05, 0.1) is 6.61 Å². The van der Waals surface area contributed by atoms with Crippen molar-refractivity contribution in [1.82, 2.24) is 9.97 Å². The molecule has 102 valence electrons. The molecule has 1 atom stereocenters. The third-order valence-corrected chi connectivity index (χ3v) is 3.70. The number of aromatic nitrogens is 2. The van der Waals surface area contributed by atoms with Crippen LogP contribution in [0.15, 0.2) is 35.7 Å². The quantitative estimate of drug-likeness (QED) is 0.796. The van der Waals surface area contributed by atoms with E-state index in [0.29, 0.717) is 6.61 Å². The normalized spacial score (nSPS) is 12.4. The van der Waals surface area contributed by atoms with E-state index < -0.39 is 0 Å². The Labute approximate surface area is 117 Å². The third kappa shape index (κ3) is 3.75. The van der Waals surface area contributed by atoms with Gasteiger partial charge in [-0.1, -0.05) is 17.8 Å². The van der Waals surface area contributed by atoms with E-state index in [2.05, 4.69) is 16.0 Å². The molecule has 0 fully saturated rings. The Bertz CT molecular complexity index is 511. The fourth-order valence-electron chi connectivity index (χ4n) is 1.77. The first kappa shape index (κ1) is 14.0. The van der Waals surface area contributed by atoms with Crippen molar-refractivity contribution in [2.75, 3.05) is 6.61 Å². The van der Waals surface area contributed by atoms with E-state index in [1.54, 1.807) is 18.0 Å². The number of nitrogens with two attached hydrogens (primary N) is 1.